The topological polar surface area (TPSA) is 67.2 Å². The predicted molar refractivity (Wildman–Crippen MR) is 88.5 cm³/mol. The number of non-ortho nitro benzene ring substituents is 1. The second-order valence-corrected chi connectivity index (χ2v) is 6.31. The van der Waals surface area contributed by atoms with Crippen LogP contribution in [0.4, 0.5) is 17.1 Å². The molecule has 0 atom stereocenters. The number of nitrogens with zero attached hydrogens (tertiary/aromatic N) is 1. The number of hydrogen-bond donors (Lipinski definition) is 2. The van der Waals surface area contributed by atoms with Crippen LogP contribution in [0.2, 0.25) is 4.34 Å². The molecule has 112 valence electrons. The molecule has 7 heteroatoms. The monoisotopic (exact) mass is 325 g/mol. The summed E-state index contributed by atoms with van der Waals surface area (Å²) in [5.41, 5.74) is 1.54. The molecule has 0 bridgehead atoms. The average Bonchev–Trinajstić information content (AvgIpc) is 2.88. The third kappa shape index (κ3) is 4.61. The van der Waals surface area contributed by atoms with E-state index >= 15 is 0 Å². The van der Waals surface area contributed by atoms with Crippen LogP contribution >= 0.6 is 22.9 Å². The van der Waals surface area contributed by atoms with Gasteiger partial charge in [0.15, 0.2) is 0 Å². The van der Waals surface area contributed by atoms with Gasteiger partial charge in [0.2, 0.25) is 0 Å². The number of anilines is 2. The molecule has 5 nitrogen and oxygen atoms in total. The van der Waals surface area contributed by atoms with Crippen molar-refractivity contribution >= 4 is 40.0 Å². The summed E-state index contributed by atoms with van der Waals surface area (Å²) in [5.74, 6) is 0. The van der Waals surface area contributed by atoms with Crippen LogP contribution in [-0.4, -0.2) is 11.5 Å². The first-order valence-electron chi connectivity index (χ1n) is 6.60. The summed E-state index contributed by atoms with van der Waals surface area (Å²) in [5, 5.41) is 17.4. The number of hydrogen-bond acceptors (Lipinski definition) is 5. The van der Waals surface area contributed by atoms with Crippen molar-refractivity contribution in [1.29, 1.82) is 0 Å². The van der Waals surface area contributed by atoms with Crippen molar-refractivity contribution in [2.45, 2.75) is 19.9 Å². The van der Waals surface area contributed by atoms with Gasteiger partial charge in [-0.2, -0.15) is 0 Å². The lowest BCUT2D eigenvalue weighted by Crippen LogP contribution is -2.03. The van der Waals surface area contributed by atoms with E-state index in [4.69, 9.17) is 11.6 Å². The Balaban J connectivity index is 2.12. The summed E-state index contributed by atoms with van der Waals surface area (Å²) in [6.45, 7) is 3.41. The summed E-state index contributed by atoms with van der Waals surface area (Å²) in [6.07, 6.45) is 0.957. The Bertz CT molecular complexity index is 630. The first-order chi connectivity index (χ1) is 10.1. The molecule has 0 saturated carbocycles. The van der Waals surface area contributed by atoms with Gasteiger partial charge in [-0.15, -0.1) is 11.3 Å². The van der Waals surface area contributed by atoms with E-state index in [1.807, 2.05) is 25.1 Å². The molecule has 1 heterocycles. The molecule has 1 aromatic carbocycles. The third-order valence-electron chi connectivity index (χ3n) is 2.80. The molecule has 2 aromatic rings. The maximum Gasteiger partial charge on any atom is 0.273 e. The normalized spacial score (nSPS) is 10.4. The fourth-order valence-corrected chi connectivity index (χ4v) is 2.85. The lowest BCUT2D eigenvalue weighted by molar-refractivity contribution is -0.384. The number of nitrogens with one attached hydrogen (secondary N) is 2. The molecule has 2 N–H and O–H groups in total. The molecule has 0 amide bonds. The Morgan fingerprint density at radius 3 is 2.52 bits per heavy atom. The fourth-order valence-electron chi connectivity index (χ4n) is 1.83. The Morgan fingerprint density at radius 2 is 1.95 bits per heavy atom. The fraction of sp³-hybridized carbons (Fsp3) is 0.286. The number of thiophene rings is 1. The van der Waals surface area contributed by atoms with Crippen molar-refractivity contribution in [3.63, 3.8) is 0 Å². The lowest BCUT2D eigenvalue weighted by Gasteiger charge is -2.09. The number of rotatable bonds is 7. The van der Waals surface area contributed by atoms with E-state index in [0.717, 1.165) is 27.9 Å². The van der Waals surface area contributed by atoms with Crippen molar-refractivity contribution in [3.8, 4) is 0 Å². The molecule has 0 fully saturated rings. The van der Waals surface area contributed by atoms with Crippen LogP contribution in [0.15, 0.2) is 30.3 Å². The summed E-state index contributed by atoms with van der Waals surface area (Å²) in [4.78, 5) is 11.7. The zero-order valence-corrected chi connectivity index (χ0v) is 13.1. The third-order valence-corrected chi connectivity index (χ3v) is 4.03. The van der Waals surface area contributed by atoms with Crippen molar-refractivity contribution in [2.24, 2.45) is 0 Å². The highest BCUT2D eigenvalue weighted by Gasteiger charge is 2.10. The molecule has 0 saturated heterocycles. The lowest BCUT2D eigenvalue weighted by atomic mass is 10.2. The van der Waals surface area contributed by atoms with Crippen molar-refractivity contribution in [1.82, 2.24) is 0 Å². The molecule has 0 spiro atoms. The molecular weight excluding hydrogens is 310 g/mol. The Morgan fingerprint density at radius 1 is 1.24 bits per heavy atom. The molecule has 0 radical (unpaired) electrons. The highest BCUT2D eigenvalue weighted by molar-refractivity contribution is 7.16. The van der Waals surface area contributed by atoms with Gasteiger partial charge in [0.1, 0.15) is 0 Å². The van der Waals surface area contributed by atoms with E-state index in [1.165, 1.54) is 17.4 Å². The first kappa shape index (κ1) is 15.6. The van der Waals surface area contributed by atoms with E-state index in [9.17, 15) is 10.1 Å². The van der Waals surface area contributed by atoms with Gasteiger partial charge in [0, 0.05) is 41.5 Å². The quantitative estimate of drug-likeness (QED) is 0.569. The second kappa shape index (κ2) is 7.28. The Hall–Kier alpha value is -1.79. The van der Waals surface area contributed by atoms with Crippen molar-refractivity contribution in [2.75, 3.05) is 17.2 Å². The molecule has 0 unspecified atom stereocenters. The van der Waals surface area contributed by atoms with Crippen LogP contribution < -0.4 is 10.6 Å². The van der Waals surface area contributed by atoms with Gasteiger partial charge < -0.3 is 10.6 Å². The zero-order valence-electron chi connectivity index (χ0n) is 11.6. The van der Waals surface area contributed by atoms with E-state index in [0.29, 0.717) is 12.2 Å². The number of benzene rings is 1. The smallest absolute Gasteiger partial charge is 0.273 e. The second-order valence-electron chi connectivity index (χ2n) is 4.51. The van der Waals surface area contributed by atoms with E-state index < -0.39 is 0 Å². The molecule has 1 aromatic heterocycles. The Kier molecular flexibility index (Phi) is 5.41. The Labute approximate surface area is 132 Å². The minimum absolute atomic E-state index is 0.0721. The van der Waals surface area contributed by atoms with Crippen LogP contribution in [0.5, 0.6) is 0 Å². The molecule has 21 heavy (non-hydrogen) atoms. The highest BCUT2D eigenvalue weighted by Crippen LogP contribution is 2.26. The van der Waals surface area contributed by atoms with E-state index in [1.54, 1.807) is 6.07 Å². The molecule has 0 aliphatic heterocycles. The van der Waals surface area contributed by atoms with Gasteiger partial charge in [-0.1, -0.05) is 18.5 Å². The highest BCUT2D eigenvalue weighted by atomic mass is 35.5. The van der Waals surface area contributed by atoms with Crippen LogP contribution in [0.25, 0.3) is 0 Å². The minimum Gasteiger partial charge on any atom is -0.385 e. The average molecular weight is 326 g/mol. The molecular formula is C14H16ClN3O2S. The van der Waals surface area contributed by atoms with Crippen LogP contribution in [0.3, 0.4) is 0 Å². The van der Waals surface area contributed by atoms with Crippen LogP contribution in [0.1, 0.15) is 18.2 Å². The number of halogens is 1. The maximum absolute atomic E-state index is 11.0. The van der Waals surface area contributed by atoms with E-state index in [-0.39, 0.29) is 10.6 Å². The van der Waals surface area contributed by atoms with Crippen molar-refractivity contribution < 1.29 is 4.92 Å². The van der Waals surface area contributed by atoms with E-state index in [2.05, 4.69) is 10.6 Å². The van der Waals surface area contributed by atoms with Crippen LogP contribution in [0, 0.1) is 10.1 Å². The molecule has 0 aliphatic rings. The first-order valence-corrected chi connectivity index (χ1v) is 7.79. The summed E-state index contributed by atoms with van der Waals surface area (Å²) >= 11 is 7.37. The van der Waals surface area contributed by atoms with Gasteiger partial charge in [-0.05, 0) is 24.6 Å². The summed E-state index contributed by atoms with van der Waals surface area (Å²) in [7, 11) is 0. The minimum atomic E-state index is -0.385. The van der Waals surface area contributed by atoms with Gasteiger partial charge >= 0.3 is 0 Å². The van der Waals surface area contributed by atoms with Gasteiger partial charge in [-0.25, -0.2) is 0 Å². The SMILES string of the molecule is CCCNc1cc(NCc2ccc(Cl)s2)cc([N+](=O)[O-])c1. The zero-order chi connectivity index (χ0) is 15.2. The standard InChI is InChI=1S/C14H16ClN3O2S/c1-2-5-16-10-6-11(8-12(7-10)18(19)20)17-9-13-3-4-14(15)21-13/h3-4,6-8,16-17H,2,5,9H2,1H3. The van der Waals surface area contributed by atoms with Gasteiger partial charge in [-0.3, -0.25) is 10.1 Å². The number of nitro groups is 1. The predicted octanol–water partition coefficient (Wildman–Crippen LogP) is 4.74. The summed E-state index contributed by atoms with van der Waals surface area (Å²) < 4.78 is 0.733. The molecule has 2 rings (SSSR count). The largest absolute Gasteiger partial charge is 0.385 e. The number of nitro benzene ring substituents is 1. The van der Waals surface area contributed by atoms with Gasteiger partial charge in [0.05, 0.1) is 9.26 Å². The molecule has 0 aliphatic carbocycles. The van der Waals surface area contributed by atoms with Gasteiger partial charge in [0.25, 0.3) is 5.69 Å². The van der Waals surface area contributed by atoms with Crippen LogP contribution in [-0.2, 0) is 6.54 Å². The van der Waals surface area contributed by atoms with Crippen molar-refractivity contribution in [3.05, 3.63) is 49.7 Å². The summed E-state index contributed by atoms with van der Waals surface area (Å²) in [6, 6.07) is 8.73. The maximum atomic E-state index is 11.0.